The monoisotopic (exact) mass is 269 g/mol. The van der Waals surface area contributed by atoms with Crippen molar-refractivity contribution in [3.63, 3.8) is 0 Å². The van der Waals surface area contributed by atoms with Gasteiger partial charge in [0, 0.05) is 4.90 Å². The van der Waals surface area contributed by atoms with Crippen LogP contribution in [0.4, 0.5) is 0 Å². The van der Waals surface area contributed by atoms with Crippen molar-refractivity contribution in [2.24, 2.45) is 0 Å². The van der Waals surface area contributed by atoms with Crippen molar-refractivity contribution in [3.8, 4) is 0 Å². The first-order valence-corrected chi connectivity index (χ1v) is 6.89. The van der Waals surface area contributed by atoms with E-state index in [0.717, 1.165) is 4.90 Å². The average molecular weight is 269 g/mol. The SMILES string of the molecule is O=C1c2ccccc2C(=O)N1CSc1ccccc1. The van der Waals surface area contributed by atoms with Crippen molar-refractivity contribution < 1.29 is 9.59 Å². The number of thioether (sulfide) groups is 1. The summed E-state index contributed by atoms with van der Waals surface area (Å²) < 4.78 is 0. The molecule has 1 aliphatic heterocycles. The first kappa shape index (κ1) is 12.0. The lowest BCUT2D eigenvalue weighted by Gasteiger charge is -2.12. The summed E-state index contributed by atoms with van der Waals surface area (Å²) in [7, 11) is 0. The smallest absolute Gasteiger partial charge is 0.262 e. The molecule has 0 N–H and O–H groups in total. The van der Waals surface area contributed by atoms with E-state index in [1.165, 1.54) is 16.7 Å². The molecule has 0 aliphatic carbocycles. The van der Waals surface area contributed by atoms with Gasteiger partial charge in [0.25, 0.3) is 11.8 Å². The van der Waals surface area contributed by atoms with Crippen LogP contribution >= 0.6 is 11.8 Å². The van der Waals surface area contributed by atoms with Crippen molar-refractivity contribution in [1.82, 2.24) is 4.90 Å². The molecule has 0 atom stereocenters. The maximum absolute atomic E-state index is 12.1. The Balaban J connectivity index is 1.78. The molecule has 0 bridgehead atoms. The summed E-state index contributed by atoms with van der Waals surface area (Å²) in [5.74, 6) is -0.0656. The molecule has 1 heterocycles. The number of fused-ring (bicyclic) bond motifs is 1. The number of hydrogen-bond donors (Lipinski definition) is 0. The van der Waals surface area contributed by atoms with Crippen LogP contribution < -0.4 is 0 Å². The zero-order chi connectivity index (χ0) is 13.2. The average Bonchev–Trinajstić information content (AvgIpc) is 2.71. The predicted molar refractivity (Wildman–Crippen MR) is 74.1 cm³/mol. The lowest BCUT2D eigenvalue weighted by Crippen LogP contribution is -2.29. The highest BCUT2D eigenvalue weighted by molar-refractivity contribution is 7.99. The van der Waals surface area contributed by atoms with E-state index >= 15 is 0 Å². The highest BCUT2D eigenvalue weighted by Gasteiger charge is 2.34. The van der Waals surface area contributed by atoms with Crippen LogP contribution in [0.25, 0.3) is 0 Å². The van der Waals surface area contributed by atoms with Crippen molar-refractivity contribution >= 4 is 23.6 Å². The predicted octanol–water partition coefficient (Wildman–Crippen LogP) is 3.03. The second-order valence-corrected chi connectivity index (χ2v) is 5.19. The van der Waals surface area contributed by atoms with Gasteiger partial charge >= 0.3 is 0 Å². The van der Waals surface area contributed by atoms with Crippen LogP contribution in [0.1, 0.15) is 20.7 Å². The van der Waals surface area contributed by atoms with Crippen LogP contribution in [0.3, 0.4) is 0 Å². The Hall–Kier alpha value is -2.07. The minimum absolute atomic E-state index is 0.205. The largest absolute Gasteiger partial charge is 0.269 e. The molecule has 94 valence electrons. The minimum Gasteiger partial charge on any atom is -0.269 e. The summed E-state index contributed by atoms with van der Waals surface area (Å²) in [5.41, 5.74) is 1.00. The van der Waals surface area contributed by atoms with E-state index in [-0.39, 0.29) is 11.8 Å². The molecule has 0 fully saturated rings. The molecule has 0 saturated carbocycles. The number of imide groups is 1. The first-order valence-electron chi connectivity index (χ1n) is 5.90. The molecule has 2 amide bonds. The zero-order valence-electron chi connectivity index (χ0n) is 10.1. The van der Waals surface area contributed by atoms with E-state index in [0.29, 0.717) is 17.0 Å². The second-order valence-electron chi connectivity index (χ2n) is 4.17. The molecule has 0 saturated heterocycles. The van der Waals surface area contributed by atoms with Gasteiger partial charge in [-0.15, -0.1) is 11.8 Å². The topological polar surface area (TPSA) is 37.4 Å². The number of carbonyl (C=O) groups is 2. The lowest BCUT2D eigenvalue weighted by molar-refractivity contribution is 0.0684. The molecule has 3 nitrogen and oxygen atoms in total. The van der Waals surface area contributed by atoms with Gasteiger partial charge in [0.1, 0.15) is 0 Å². The van der Waals surface area contributed by atoms with E-state index in [4.69, 9.17) is 0 Å². The molecule has 0 aromatic heterocycles. The molecular weight excluding hydrogens is 258 g/mol. The highest BCUT2D eigenvalue weighted by Crippen LogP contribution is 2.26. The zero-order valence-corrected chi connectivity index (χ0v) is 10.9. The van der Waals surface area contributed by atoms with Crippen LogP contribution in [0.15, 0.2) is 59.5 Å². The van der Waals surface area contributed by atoms with Gasteiger partial charge < -0.3 is 0 Å². The van der Waals surface area contributed by atoms with Gasteiger partial charge in [-0.3, -0.25) is 14.5 Å². The minimum atomic E-state index is -0.205. The van der Waals surface area contributed by atoms with Gasteiger partial charge in [0.05, 0.1) is 17.0 Å². The fourth-order valence-electron chi connectivity index (χ4n) is 2.01. The van der Waals surface area contributed by atoms with Gasteiger partial charge in [-0.2, -0.15) is 0 Å². The summed E-state index contributed by atoms with van der Waals surface area (Å²) in [4.78, 5) is 26.6. The van der Waals surface area contributed by atoms with Crippen LogP contribution in [0, 0.1) is 0 Å². The third-order valence-electron chi connectivity index (χ3n) is 2.98. The second kappa shape index (κ2) is 4.90. The van der Waals surface area contributed by atoms with Gasteiger partial charge in [0.15, 0.2) is 0 Å². The highest BCUT2D eigenvalue weighted by atomic mass is 32.2. The molecule has 0 radical (unpaired) electrons. The quantitative estimate of drug-likeness (QED) is 0.635. The number of amides is 2. The standard InChI is InChI=1S/C15H11NO2S/c17-14-12-8-4-5-9-13(12)15(18)16(14)10-19-11-6-2-1-3-7-11/h1-9H,10H2. The molecule has 3 rings (SSSR count). The molecule has 0 spiro atoms. The summed E-state index contributed by atoms with van der Waals surface area (Å²) in [5, 5.41) is 0. The van der Waals surface area contributed by atoms with Crippen molar-refractivity contribution in [2.75, 3.05) is 5.88 Å². The number of benzene rings is 2. The first-order chi connectivity index (χ1) is 9.27. The van der Waals surface area contributed by atoms with Gasteiger partial charge in [-0.05, 0) is 24.3 Å². The number of nitrogens with zero attached hydrogens (tertiary/aromatic N) is 1. The molecule has 2 aromatic carbocycles. The fraction of sp³-hybridized carbons (Fsp3) is 0.0667. The molecule has 1 aliphatic rings. The van der Waals surface area contributed by atoms with Gasteiger partial charge in [0.2, 0.25) is 0 Å². The Morgan fingerprint density at radius 1 is 0.789 bits per heavy atom. The maximum Gasteiger partial charge on any atom is 0.262 e. The Labute approximate surface area is 115 Å². The summed E-state index contributed by atoms with van der Waals surface area (Å²) >= 11 is 1.48. The third-order valence-corrected chi connectivity index (χ3v) is 3.97. The van der Waals surface area contributed by atoms with E-state index < -0.39 is 0 Å². The van der Waals surface area contributed by atoms with E-state index in [1.54, 1.807) is 24.3 Å². The summed E-state index contributed by atoms with van der Waals surface area (Å²) in [6.07, 6.45) is 0. The number of rotatable bonds is 3. The number of carbonyl (C=O) groups excluding carboxylic acids is 2. The Morgan fingerprint density at radius 3 is 1.89 bits per heavy atom. The molecule has 0 unspecified atom stereocenters. The van der Waals surface area contributed by atoms with E-state index in [9.17, 15) is 9.59 Å². The van der Waals surface area contributed by atoms with E-state index in [2.05, 4.69) is 0 Å². The van der Waals surface area contributed by atoms with Crippen LogP contribution in [0.5, 0.6) is 0 Å². The Bertz CT molecular complexity index is 605. The molecule has 4 heteroatoms. The lowest BCUT2D eigenvalue weighted by atomic mass is 10.1. The molecular formula is C15H11NO2S. The van der Waals surface area contributed by atoms with Gasteiger partial charge in [-0.25, -0.2) is 0 Å². The summed E-state index contributed by atoms with van der Waals surface area (Å²) in [6.45, 7) is 0. The van der Waals surface area contributed by atoms with Crippen LogP contribution in [0.2, 0.25) is 0 Å². The van der Waals surface area contributed by atoms with Gasteiger partial charge in [-0.1, -0.05) is 30.3 Å². The number of hydrogen-bond acceptors (Lipinski definition) is 3. The normalized spacial score (nSPS) is 13.8. The van der Waals surface area contributed by atoms with Crippen LogP contribution in [-0.2, 0) is 0 Å². The molecule has 19 heavy (non-hydrogen) atoms. The third kappa shape index (κ3) is 2.15. The van der Waals surface area contributed by atoms with Crippen molar-refractivity contribution in [1.29, 1.82) is 0 Å². The van der Waals surface area contributed by atoms with E-state index in [1.807, 2.05) is 30.3 Å². The van der Waals surface area contributed by atoms with Crippen LogP contribution in [-0.4, -0.2) is 22.6 Å². The fourth-order valence-corrected chi connectivity index (χ4v) is 2.87. The Morgan fingerprint density at radius 2 is 1.32 bits per heavy atom. The maximum atomic E-state index is 12.1. The van der Waals surface area contributed by atoms with Crippen molar-refractivity contribution in [2.45, 2.75) is 4.90 Å². The summed E-state index contributed by atoms with van der Waals surface area (Å²) in [6, 6.07) is 16.7. The van der Waals surface area contributed by atoms with Crippen molar-refractivity contribution in [3.05, 3.63) is 65.7 Å². The Kier molecular flexibility index (Phi) is 3.09. The molecule has 2 aromatic rings.